The molecule has 0 fully saturated rings. The van der Waals surface area contributed by atoms with Crippen molar-refractivity contribution >= 4 is 15.5 Å². The van der Waals surface area contributed by atoms with Crippen molar-refractivity contribution in [2.24, 2.45) is 0 Å². The van der Waals surface area contributed by atoms with E-state index >= 15 is 0 Å². The van der Waals surface area contributed by atoms with E-state index in [4.69, 9.17) is 0 Å². The highest BCUT2D eigenvalue weighted by Gasteiger charge is 2.34. The summed E-state index contributed by atoms with van der Waals surface area (Å²) in [5.41, 5.74) is 1.77. The Labute approximate surface area is 174 Å². The van der Waals surface area contributed by atoms with Crippen LogP contribution in [0.5, 0.6) is 5.75 Å². The summed E-state index contributed by atoms with van der Waals surface area (Å²) in [6.45, 7) is 5.19. The van der Waals surface area contributed by atoms with E-state index in [0.29, 0.717) is 36.4 Å². The van der Waals surface area contributed by atoms with Crippen molar-refractivity contribution in [1.29, 1.82) is 0 Å². The lowest BCUT2D eigenvalue weighted by atomic mass is 9.93. The zero-order chi connectivity index (χ0) is 22.3. The minimum atomic E-state index is -4.63. The zero-order valence-corrected chi connectivity index (χ0v) is 17.9. The molecule has 5 nitrogen and oxygen atoms in total. The van der Waals surface area contributed by atoms with Gasteiger partial charge in [0.05, 0.1) is 10.6 Å². The summed E-state index contributed by atoms with van der Waals surface area (Å²) in [6.07, 6.45) is -2.28. The Bertz CT molecular complexity index is 1050. The molecule has 164 valence electrons. The first-order valence-electron chi connectivity index (χ1n) is 9.49. The Morgan fingerprint density at radius 1 is 1.13 bits per heavy atom. The maximum atomic E-state index is 12.6. The first-order chi connectivity index (χ1) is 13.8. The quantitative estimate of drug-likeness (QED) is 0.511. The lowest BCUT2D eigenvalue weighted by Gasteiger charge is -2.35. The van der Waals surface area contributed by atoms with E-state index in [1.54, 1.807) is 18.2 Å². The molecule has 2 N–H and O–H groups in total. The molecule has 30 heavy (non-hydrogen) atoms. The molecule has 0 amide bonds. The number of sulfone groups is 1. The van der Waals surface area contributed by atoms with Crippen LogP contribution in [0.3, 0.4) is 0 Å². The highest BCUT2D eigenvalue weighted by molar-refractivity contribution is 7.90. The van der Waals surface area contributed by atoms with Crippen molar-refractivity contribution in [2.75, 3.05) is 11.6 Å². The number of benzene rings is 2. The molecule has 9 heteroatoms. The topological polar surface area (TPSA) is 69.6 Å². The molecule has 0 saturated heterocycles. The molecule has 1 heterocycles. The minimum absolute atomic E-state index is 0.316. The number of aryl methyl sites for hydroxylation is 1. The molecular weight excluding hydrogens is 417 g/mol. The number of phenolic OH excluding ortho intramolecular Hbond substituents is 1. The molecule has 1 aliphatic heterocycles. The number of nitrogens with zero attached hydrogens (tertiary/aromatic N) is 1. The maximum Gasteiger partial charge on any atom is 0.482 e. The molecule has 2 aromatic carbocycles. The van der Waals surface area contributed by atoms with Gasteiger partial charge in [0.2, 0.25) is 0 Å². The number of hydrogen-bond acceptors (Lipinski definition) is 5. The minimum Gasteiger partial charge on any atom is -0.506 e. The lowest BCUT2D eigenvalue weighted by molar-refractivity contribution is -0.100. The van der Waals surface area contributed by atoms with Crippen LogP contribution in [0.25, 0.3) is 0 Å². The van der Waals surface area contributed by atoms with Crippen LogP contribution in [0.15, 0.2) is 41.3 Å². The lowest BCUT2D eigenvalue weighted by Crippen LogP contribution is -2.40. The molecule has 0 atom stereocenters. The number of halogens is 3. The Kier molecular flexibility index (Phi) is 5.81. The number of anilines is 1. The van der Waals surface area contributed by atoms with E-state index in [-0.39, 0.29) is 11.2 Å². The molecule has 0 radical (unpaired) electrons. The van der Waals surface area contributed by atoms with Crippen LogP contribution in [0.1, 0.15) is 37.0 Å². The van der Waals surface area contributed by atoms with Gasteiger partial charge in [-0.15, -0.1) is 0 Å². The highest BCUT2D eigenvalue weighted by atomic mass is 32.2. The summed E-state index contributed by atoms with van der Waals surface area (Å²) in [5.74, 6) is -0.460. The number of aromatic hydroxyl groups is 1. The Morgan fingerprint density at radius 3 is 2.47 bits per heavy atom. The van der Waals surface area contributed by atoms with Crippen LogP contribution >= 0.6 is 0 Å². The number of phenols is 1. The van der Waals surface area contributed by atoms with Crippen molar-refractivity contribution < 1.29 is 26.7 Å². The maximum absolute atomic E-state index is 12.6. The second-order valence-electron chi connectivity index (χ2n) is 8.31. The van der Waals surface area contributed by atoms with Crippen LogP contribution < -0.4 is 5.32 Å². The van der Waals surface area contributed by atoms with Crippen LogP contribution in [0, 0.1) is 0 Å². The Balaban J connectivity index is 1.73. The molecule has 0 bridgehead atoms. The van der Waals surface area contributed by atoms with Crippen molar-refractivity contribution in [2.45, 2.75) is 56.5 Å². The average molecular weight is 443 g/mol. The number of fused-ring (bicyclic) bond motifs is 1. The zero-order valence-electron chi connectivity index (χ0n) is 17.0. The van der Waals surface area contributed by atoms with E-state index < -0.39 is 21.9 Å². The van der Waals surface area contributed by atoms with Gasteiger partial charge in [-0.1, -0.05) is 18.2 Å². The molecular formula is C21H25F3N2O3S. The molecule has 3 rings (SSSR count). The van der Waals surface area contributed by atoms with Crippen LogP contribution in [-0.4, -0.2) is 36.5 Å². The molecule has 0 unspecified atom stereocenters. The number of alkyl halides is 3. The normalized spacial score (nSPS) is 15.3. The SMILES string of the molecule is CC(C)(CCc1ccc(O)c(NC(F)(F)F)c1)N1Cc2cccc(S(C)(=O)=O)c2C1. The van der Waals surface area contributed by atoms with Gasteiger partial charge in [-0.3, -0.25) is 10.2 Å². The van der Waals surface area contributed by atoms with Gasteiger partial charge in [0, 0.05) is 24.9 Å². The molecule has 0 saturated carbocycles. The van der Waals surface area contributed by atoms with E-state index in [1.807, 2.05) is 19.9 Å². The van der Waals surface area contributed by atoms with E-state index in [0.717, 1.165) is 11.1 Å². The second-order valence-corrected chi connectivity index (χ2v) is 10.3. The summed E-state index contributed by atoms with van der Waals surface area (Å²) < 4.78 is 62.0. The van der Waals surface area contributed by atoms with Gasteiger partial charge >= 0.3 is 6.30 Å². The molecule has 0 spiro atoms. The summed E-state index contributed by atoms with van der Waals surface area (Å²) >= 11 is 0. The molecule has 0 aromatic heterocycles. The van der Waals surface area contributed by atoms with Gasteiger partial charge in [-0.05, 0) is 61.6 Å². The van der Waals surface area contributed by atoms with Crippen molar-refractivity contribution in [1.82, 2.24) is 4.90 Å². The van der Waals surface area contributed by atoms with Crippen LogP contribution in [-0.2, 0) is 29.3 Å². The predicted octanol–water partition coefficient (Wildman–Crippen LogP) is 4.45. The molecule has 1 aliphatic rings. The van der Waals surface area contributed by atoms with Gasteiger partial charge in [0.25, 0.3) is 0 Å². The van der Waals surface area contributed by atoms with Crippen molar-refractivity contribution in [3.8, 4) is 5.75 Å². The summed E-state index contributed by atoms with van der Waals surface area (Å²) in [7, 11) is -3.33. The third-order valence-electron chi connectivity index (χ3n) is 5.56. The van der Waals surface area contributed by atoms with Gasteiger partial charge in [0.15, 0.2) is 9.84 Å². The van der Waals surface area contributed by atoms with Gasteiger partial charge in [-0.2, -0.15) is 13.2 Å². The van der Waals surface area contributed by atoms with Gasteiger partial charge in [0.1, 0.15) is 5.75 Å². The Morgan fingerprint density at radius 2 is 1.83 bits per heavy atom. The first kappa shape index (κ1) is 22.4. The van der Waals surface area contributed by atoms with Crippen molar-refractivity contribution in [3.05, 3.63) is 53.1 Å². The number of rotatable bonds is 6. The summed E-state index contributed by atoms with van der Waals surface area (Å²) in [4.78, 5) is 2.53. The fraction of sp³-hybridized carbons (Fsp3) is 0.429. The van der Waals surface area contributed by atoms with E-state index in [1.165, 1.54) is 23.7 Å². The fourth-order valence-corrected chi connectivity index (χ4v) is 4.74. The Hall–Kier alpha value is -2.26. The smallest absolute Gasteiger partial charge is 0.482 e. The highest BCUT2D eigenvalue weighted by Crippen LogP contribution is 2.36. The fourth-order valence-electron chi connectivity index (χ4n) is 3.77. The monoisotopic (exact) mass is 442 g/mol. The standard InChI is InChI=1S/C21H25F3N2O3S/c1-20(2,10-9-14-7-8-18(27)17(11-14)25-21(22,23)24)26-12-15-5-4-6-19(16(15)13-26)30(3,28)29/h4-8,11,25,27H,9-10,12-13H2,1-3H3. The predicted molar refractivity (Wildman–Crippen MR) is 109 cm³/mol. The van der Waals surface area contributed by atoms with Crippen molar-refractivity contribution in [3.63, 3.8) is 0 Å². The largest absolute Gasteiger partial charge is 0.506 e. The number of nitrogens with one attached hydrogen (secondary N) is 1. The summed E-state index contributed by atoms with van der Waals surface area (Å²) in [5, 5.41) is 11.0. The van der Waals surface area contributed by atoms with Crippen LogP contribution in [0.2, 0.25) is 0 Å². The second kappa shape index (κ2) is 7.77. The molecule has 0 aliphatic carbocycles. The third-order valence-corrected chi connectivity index (χ3v) is 6.74. The van der Waals surface area contributed by atoms with E-state index in [9.17, 15) is 26.7 Å². The first-order valence-corrected chi connectivity index (χ1v) is 11.4. The van der Waals surface area contributed by atoms with Crippen LogP contribution in [0.4, 0.5) is 18.9 Å². The number of hydrogen-bond donors (Lipinski definition) is 2. The van der Waals surface area contributed by atoms with Gasteiger partial charge in [-0.25, -0.2) is 8.42 Å². The van der Waals surface area contributed by atoms with E-state index in [2.05, 4.69) is 4.90 Å². The summed E-state index contributed by atoms with van der Waals surface area (Å²) in [6, 6.07) is 9.45. The average Bonchev–Trinajstić information content (AvgIpc) is 3.05. The van der Waals surface area contributed by atoms with Gasteiger partial charge < -0.3 is 5.11 Å². The molecule has 2 aromatic rings. The third kappa shape index (κ3) is 5.07.